The van der Waals surface area contributed by atoms with Crippen molar-refractivity contribution < 1.29 is 9.53 Å². The second-order valence-corrected chi connectivity index (χ2v) is 7.56. The fourth-order valence-corrected chi connectivity index (χ4v) is 3.55. The predicted molar refractivity (Wildman–Crippen MR) is 125 cm³/mol. The number of morpholine rings is 1. The van der Waals surface area contributed by atoms with E-state index in [0.717, 1.165) is 55.2 Å². The van der Waals surface area contributed by atoms with Crippen molar-refractivity contribution in [1.82, 2.24) is 0 Å². The zero-order valence-electron chi connectivity index (χ0n) is 17.9. The first-order valence-corrected chi connectivity index (χ1v) is 10.4. The smallest absolute Gasteiger partial charge is 0.150 e. The van der Waals surface area contributed by atoms with Crippen molar-refractivity contribution in [1.29, 1.82) is 0 Å². The molecule has 6 heteroatoms. The average Bonchev–Trinajstić information content (AvgIpc) is 2.84. The molecule has 1 saturated heterocycles. The Hall–Kier alpha value is -3.51. The predicted octanol–water partition coefficient (Wildman–Crippen LogP) is 5.83. The van der Waals surface area contributed by atoms with Crippen molar-refractivity contribution in [2.24, 2.45) is 10.2 Å². The monoisotopic (exact) mass is 414 g/mol. The molecule has 4 rings (SSSR count). The number of ether oxygens (including phenoxy) is 1. The highest BCUT2D eigenvalue weighted by atomic mass is 16.5. The Morgan fingerprint density at radius 1 is 0.903 bits per heavy atom. The lowest BCUT2D eigenvalue weighted by molar-refractivity contribution is 0.112. The number of benzene rings is 3. The van der Waals surface area contributed by atoms with Crippen LogP contribution >= 0.6 is 0 Å². The first-order chi connectivity index (χ1) is 15.1. The lowest BCUT2D eigenvalue weighted by Crippen LogP contribution is -2.36. The molecule has 0 amide bonds. The molecular weight excluding hydrogens is 388 g/mol. The molecule has 1 aliphatic rings. The topological polar surface area (TPSA) is 57.5 Å². The Morgan fingerprint density at radius 2 is 1.58 bits per heavy atom. The van der Waals surface area contributed by atoms with Gasteiger partial charge < -0.3 is 14.5 Å². The van der Waals surface area contributed by atoms with Crippen LogP contribution in [0.25, 0.3) is 0 Å². The number of carbonyl (C=O) groups is 1. The minimum atomic E-state index is 0.625. The minimum Gasteiger partial charge on any atom is -0.378 e. The summed E-state index contributed by atoms with van der Waals surface area (Å²) >= 11 is 0. The molecule has 0 aromatic heterocycles. The summed E-state index contributed by atoms with van der Waals surface area (Å²) in [6, 6.07) is 21.8. The van der Waals surface area contributed by atoms with Crippen LogP contribution in [0.3, 0.4) is 0 Å². The Balaban J connectivity index is 1.46. The molecule has 1 heterocycles. The van der Waals surface area contributed by atoms with E-state index in [-0.39, 0.29) is 0 Å². The maximum absolute atomic E-state index is 10.8. The summed E-state index contributed by atoms with van der Waals surface area (Å²) in [4.78, 5) is 15.3. The van der Waals surface area contributed by atoms with E-state index in [1.807, 2.05) is 19.1 Å². The second kappa shape index (κ2) is 9.53. The van der Waals surface area contributed by atoms with Gasteiger partial charge in [0.2, 0.25) is 0 Å². The van der Waals surface area contributed by atoms with Crippen LogP contribution in [0, 0.1) is 6.92 Å². The molecule has 3 aromatic rings. The highest BCUT2D eigenvalue weighted by Crippen LogP contribution is 2.31. The van der Waals surface area contributed by atoms with E-state index in [1.54, 1.807) is 24.3 Å². The molecule has 0 radical (unpaired) electrons. The van der Waals surface area contributed by atoms with Crippen LogP contribution in [-0.2, 0) is 4.74 Å². The van der Waals surface area contributed by atoms with E-state index in [1.165, 1.54) is 5.69 Å². The normalized spacial score (nSPS) is 14.1. The molecular formula is C25H26N4O2. The van der Waals surface area contributed by atoms with Gasteiger partial charge >= 0.3 is 0 Å². The third kappa shape index (κ3) is 4.98. The van der Waals surface area contributed by atoms with Crippen molar-refractivity contribution in [2.45, 2.75) is 6.92 Å². The molecule has 0 N–H and O–H groups in total. The van der Waals surface area contributed by atoms with Crippen molar-refractivity contribution >= 4 is 34.7 Å². The summed E-state index contributed by atoms with van der Waals surface area (Å²) in [5, 5.41) is 8.65. The van der Waals surface area contributed by atoms with Gasteiger partial charge in [0.1, 0.15) is 6.29 Å². The third-order valence-electron chi connectivity index (χ3n) is 5.48. The molecule has 0 saturated carbocycles. The van der Waals surface area contributed by atoms with Crippen LogP contribution in [0.2, 0.25) is 0 Å². The Kier molecular flexibility index (Phi) is 6.38. The zero-order chi connectivity index (χ0) is 21.6. The highest BCUT2D eigenvalue weighted by molar-refractivity contribution is 5.75. The Morgan fingerprint density at radius 3 is 2.23 bits per heavy atom. The van der Waals surface area contributed by atoms with Crippen LogP contribution < -0.4 is 9.80 Å². The van der Waals surface area contributed by atoms with E-state index < -0.39 is 0 Å². The van der Waals surface area contributed by atoms with Gasteiger partial charge in [-0.1, -0.05) is 0 Å². The van der Waals surface area contributed by atoms with E-state index in [2.05, 4.69) is 57.4 Å². The van der Waals surface area contributed by atoms with Crippen molar-refractivity contribution in [3.05, 3.63) is 77.9 Å². The van der Waals surface area contributed by atoms with Crippen LogP contribution in [0.15, 0.2) is 77.0 Å². The van der Waals surface area contributed by atoms with Crippen LogP contribution in [0.4, 0.5) is 28.4 Å². The number of hydrogen-bond acceptors (Lipinski definition) is 6. The molecule has 0 aliphatic carbocycles. The highest BCUT2D eigenvalue weighted by Gasteiger charge is 2.12. The minimum absolute atomic E-state index is 0.625. The van der Waals surface area contributed by atoms with Gasteiger partial charge in [0.15, 0.2) is 0 Å². The van der Waals surface area contributed by atoms with Crippen LogP contribution in [-0.4, -0.2) is 39.6 Å². The fourth-order valence-electron chi connectivity index (χ4n) is 3.55. The average molecular weight is 415 g/mol. The van der Waals surface area contributed by atoms with Gasteiger partial charge in [-0.15, -0.1) is 0 Å². The molecule has 0 bridgehead atoms. The zero-order valence-corrected chi connectivity index (χ0v) is 17.9. The summed E-state index contributed by atoms with van der Waals surface area (Å²) in [6.45, 7) is 5.48. The van der Waals surface area contributed by atoms with Gasteiger partial charge in [-0.3, -0.25) is 4.79 Å². The van der Waals surface area contributed by atoms with Crippen LogP contribution in [0.1, 0.15) is 15.9 Å². The largest absolute Gasteiger partial charge is 0.378 e. The molecule has 1 aliphatic heterocycles. The molecule has 1 fully saturated rings. The number of nitrogens with zero attached hydrogens (tertiary/aromatic N) is 4. The molecule has 158 valence electrons. The molecule has 0 unspecified atom stereocenters. The molecule has 3 aromatic carbocycles. The summed E-state index contributed by atoms with van der Waals surface area (Å²) in [5.41, 5.74) is 6.65. The third-order valence-corrected chi connectivity index (χ3v) is 5.48. The number of anilines is 3. The van der Waals surface area contributed by atoms with Crippen molar-refractivity contribution in [3.8, 4) is 0 Å². The first kappa shape index (κ1) is 20.8. The summed E-state index contributed by atoms with van der Waals surface area (Å²) < 4.78 is 5.44. The van der Waals surface area contributed by atoms with Gasteiger partial charge in [-0.25, -0.2) is 0 Å². The number of aryl methyl sites for hydroxylation is 1. The molecule has 6 nitrogen and oxygen atoms in total. The van der Waals surface area contributed by atoms with Crippen LogP contribution in [0.5, 0.6) is 0 Å². The number of hydrogen-bond donors (Lipinski definition) is 0. The fraction of sp³-hybridized carbons (Fsp3) is 0.240. The summed E-state index contributed by atoms with van der Waals surface area (Å²) in [5.74, 6) is 0. The molecule has 0 atom stereocenters. The standard InChI is InChI=1S/C25H26N4O2/c1-19-17-24(11-12-25(19)27-26-21-5-3-20(18-30)4-6-21)28(2)22-7-9-23(10-8-22)29-13-15-31-16-14-29/h3-12,17-18H,13-16H2,1-2H3. The van der Waals surface area contributed by atoms with E-state index in [4.69, 9.17) is 4.74 Å². The van der Waals surface area contributed by atoms with E-state index in [9.17, 15) is 4.79 Å². The Bertz CT molecular complexity index is 1060. The lowest BCUT2D eigenvalue weighted by Gasteiger charge is -2.29. The van der Waals surface area contributed by atoms with Crippen molar-refractivity contribution in [2.75, 3.05) is 43.2 Å². The number of rotatable bonds is 6. The van der Waals surface area contributed by atoms with Gasteiger partial charge in [-0.05, 0) is 79.2 Å². The number of aldehydes is 1. The Labute approximate surface area is 182 Å². The first-order valence-electron chi connectivity index (χ1n) is 10.4. The summed E-state index contributed by atoms with van der Waals surface area (Å²) in [6.07, 6.45) is 0.816. The van der Waals surface area contributed by atoms with Gasteiger partial charge in [0.05, 0.1) is 24.6 Å². The van der Waals surface area contributed by atoms with E-state index in [0.29, 0.717) is 11.3 Å². The van der Waals surface area contributed by atoms with Gasteiger partial charge in [0.25, 0.3) is 0 Å². The number of carbonyl (C=O) groups excluding carboxylic acids is 1. The maximum atomic E-state index is 10.8. The van der Waals surface area contributed by atoms with Crippen molar-refractivity contribution in [3.63, 3.8) is 0 Å². The van der Waals surface area contributed by atoms with Gasteiger partial charge in [-0.2, -0.15) is 10.2 Å². The molecule has 31 heavy (non-hydrogen) atoms. The molecule has 0 spiro atoms. The lowest BCUT2D eigenvalue weighted by atomic mass is 10.1. The maximum Gasteiger partial charge on any atom is 0.150 e. The van der Waals surface area contributed by atoms with Gasteiger partial charge in [0, 0.05) is 42.8 Å². The van der Waals surface area contributed by atoms with E-state index >= 15 is 0 Å². The SMILES string of the molecule is Cc1cc(N(C)c2ccc(N3CCOCC3)cc2)ccc1N=Nc1ccc(C=O)cc1. The second-order valence-electron chi connectivity index (χ2n) is 7.56. The summed E-state index contributed by atoms with van der Waals surface area (Å²) in [7, 11) is 2.06. The number of azo groups is 1. The quantitative estimate of drug-likeness (QED) is 0.376.